The molecule has 106 valence electrons. The fourth-order valence-corrected chi connectivity index (χ4v) is 1.47. The Labute approximate surface area is 111 Å². The van der Waals surface area contributed by atoms with Crippen LogP contribution in [-0.4, -0.2) is 25.1 Å². The van der Waals surface area contributed by atoms with Crippen molar-refractivity contribution in [3.63, 3.8) is 0 Å². The summed E-state index contributed by atoms with van der Waals surface area (Å²) in [6.45, 7) is 1.45. The number of halogens is 2. The fourth-order valence-electron chi connectivity index (χ4n) is 1.47. The summed E-state index contributed by atoms with van der Waals surface area (Å²) in [6.07, 6.45) is 0.355. The van der Waals surface area contributed by atoms with E-state index in [9.17, 15) is 13.6 Å². The van der Waals surface area contributed by atoms with Crippen LogP contribution in [0.15, 0.2) is 24.3 Å². The zero-order chi connectivity index (χ0) is 14.3. The summed E-state index contributed by atoms with van der Waals surface area (Å²) in [7, 11) is 0. The quantitative estimate of drug-likeness (QED) is 0.802. The number of rotatable bonds is 7. The standard InChI is InChI=1S/C13H18F2N2O2/c1-9(2)17-12(18)7-8-16-10-3-5-11(6-4-10)19-13(14)15/h3-6,9,13,16H,7-8H2,1-2H3,(H,17,18). The lowest BCUT2D eigenvalue weighted by Gasteiger charge is -2.10. The van der Waals surface area contributed by atoms with E-state index in [4.69, 9.17) is 0 Å². The van der Waals surface area contributed by atoms with Gasteiger partial charge in [0.15, 0.2) is 0 Å². The molecule has 1 rings (SSSR count). The molecule has 0 spiro atoms. The molecule has 0 saturated carbocycles. The number of hydrogen-bond donors (Lipinski definition) is 2. The van der Waals surface area contributed by atoms with Gasteiger partial charge in [0.2, 0.25) is 5.91 Å². The molecule has 0 atom stereocenters. The van der Waals surface area contributed by atoms with Gasteiger partial charge in [-0.25, -0.2) is 0 Å². The zero-order valence-corrected chi connectivity index (χ0v) is 11.0. The van der Waals surface area contributed by atoms with Crippen molar-refractivity contribution in [2.45, 2.75) is 32.9 Å². The molecular weight excluding hydrogens is 254 g/mol. The molecule has 1 aromatic rings. The van der Waals surface area contributed by atoms with E-state index in [0.29, 0.717) is 13.0 Å². The highest BCUT2D eigenvalue weighted by Crippen LogP contribution is 2.17. The van der Waals surface area contributed by atoms with E-state index in [2.05, 4.69) is 15.4 Å². The molecule has 0 radical (unpaired) electrons. The Hall–Kier alpha value is -1.85. The maximum Gasteiger partial charge on any atom is 0.387 e. The number of carbonyl (C=O) groups is 1. The summed E-state index contributed by atoms with van der Waals surface area (Å²) in [6, 6.07) is 6.26. The SMILES string of the molecule is CC(C)NC(=O)CCNc1ccc(OC(F)F)cc1. The lowest BCUT2D eigenvalue weighted by molar-refractivity contribution is -0.121. The molecule has 0 aliphatic carbocycles. The number of hydrogen-bond acceptors (Lipinski definition) is 3. The van der Waals surface area contributed by atoms with Crippen LogP contribution >= 0.6 is 0 Å². The van der Waals surface area contributed by atoms with E-state index in [-0.39, 0.29) is 17.7 Å². The first-order valence-corrected chi connectivity index (χ1v) is 6.05. The van der Waals surface area contributed by atoms with Crippen molar-refractivity contribution in [2.24, 2.45) is 0 Å². The van der Waals surface area contributed by atoms with E-state index in [0.717, 1.165) is 5.69 Å². The van der Waals surface area contributed by atoms with Crippen LogP contribution in [0.3, 0.4) is 0 Å². The summed E-state index contributed by atoms with van der Waals surface area (Å²) >= 11 is 0. The number of nitrogens with one attached hydrogen (secondary N) is 2. The van der Waals surface area contributed by atoms with Crippen molar-refractivity contribution in [1.82, 2.24) is 5.32 Å². The maximum atomic E-state index is 11.9. The second-order valence-corrected chi connectivity index (χ2v) is 4.30. The van der Waals surface area contributed by atoms with Gasteiger partial charge in [0.05, 0.1) is 0 Å². The molecular formula is C13H18F2N2O2. The van der Waals surface area contributed by atoms with E-state index in [1.54, 1.807) is 12.1 Å². The fraction of sp³-hybridized carbons (Fsp3) is 0.462. The molecule has 0 saturated heterocycles. The van der Waals surface area contributed by atoms with Gasteiger partial charge in [0.25, 0.3) is 0 Å². The monoisotopic (exact) mass is 272 g/mol. The predicted octanol–water partition coefficient (Wildman–Crippen LogP) is 2.61. The average Bonchev–Trinajstić information content (AvgIpc) is 2.29. The third-order valence-corrected chi connectivity index (χ3v) is 2.21. The number of alkyl halides is 2. The average molecular weight is 272 g/mol. The van der Waals surface area contributed by atoms with Crippen molar-refractivity contribution < 1.29 is 18.3 Å². The molecule has 0 aliphatic heterocycles. The molecule has 1 amide bonds. The molecule has 4 nitrogen and oxygen atoms in total. The number of anilines is 1. The molecule has 2 N–H and O–H groups in total. The van der Waals surface area contributed by atoms with Crippen LogP contribution in [0.4, 0.5) is 14.5 Å². The number of amides is 1. The largest absolute Gasteiger partial charge is 0.435 e. The van der Waals surface area contributed by atoms with Crippen molar-refractivity contribution in [3.05, 3.63) is 24.3 Å². The second kappa shape index (κ2) is 7.56. The van der Waals surface area contributed by atoms with Gasteiger partial charge in [-0.2, -0.15) is 8.78 Å². The molecule has 0 bridgehead atoms. The third-order valence-electron chi connectivity index (χ3n) is 2.21. The minimum Gasteiger partial charge on any atom is -0.435 e. The summed E-state index contributed by atoms with van der Waals surface area (Å²) < 4.78 is 28.1. The van der Waals surface area contributed by atoms with Crippen LogP contribution < -0.4 is 15.4 Å². The van der Waals surface area contributed by atoms with Crippen LogP contribution in [-0.2, 0) is 4.79 Å². The minimum absolute atomic E-state index is 0.0276. The van der Waals surface area contributed by atoms with Crippen LogP contribution in [0.2, 0.25) is 0 Å². The molecule has 0 heterocycles. The molecule has 0 fully saturated rings. The van der Waals surface area contributed by atoms with Gasteiger partial charge in [0, 0.05) is 24.7 Å². The van der Waals surface area contributed by atoms with E-state index in [1.165, 1.54) is 12.1 Å². The first kappa shape index (κ1) is 15.2. The molecule has 19 heavy (non-hydrogen) atoms. The predicted molar refractivity (Wildman–Crippen MR) is 69.5 cm³/mol. The summed E-state index contributed by atoms with van der Waals surface area (Å²) in [5.41, 5.74) is 0.749. The highest BCUT2D eigenvalue weighted by molar-refractivity contribution is 5.76. The lowest BCUT2D eigenvalue weighted by atomic mass is 10.3. The van der Waals surface area contributed by atoms with Crippen molar-refractivity contribution in [1.29, 1.82) is 0 Å². The number of ether oxygens (including phenoxy) is 1. The van der Waals surface area contributed by atoms with Gasteiger partial charge in [-0.3, -0.25) is 4.79 Å². The number of benzene rings is 1. The maximum absolute atomic E-state index is 11.9. The van der Waals surface area contributed by atoms with Crippen LogP contribution in [0.5, 0.6) is 5.75 Å². The zero-order valence-electron chi connectivity index (χ0n) is 11.0. The normalized spacial score (nSPS) is 10.6. The van der Waals surface area contributed by atoms with Gasteiger partial charge in [-0.15, -0.1) is 0 Å². The topological polar surface area (TPSA) is 50.4 Å². The highest BCUT2D eigenvalue weighted by Gasteiger charge is 2.04. The first-order chi connectivity index (χ1) is 8.97. The highest BCUT2D eigenvalue weighted by atomic mass is 19.3. The number of carbonyl (C=O) groups excluding carboxylic acids is 1. The van der Waals surface area contributed by atoms with Crippen LogP contribution in [0, 0.1) is 0 Å². The van der Waals surface area contributed by atoms with E-state index in [1.807, 2.05) is 13.8 Å². The first-order valence-electron chi connectivity index (χ1n) is 6.05. The van der Waals surface area contributed by atoms with E-state index >= 15 is 0 Å². The lowest BCUT2D eigenvalue weighted by Crippen LogP contribution is -2.31. The van der Waals surface area contributed by atoms with Gasteiger partial charge in [-0.05, 0) is 38.1 Å². The Kier molecular flexibility index (Phi) is 6.05. The molecule has 0 unspecified atom stereocenters. The Bertz CT molecular complexity index is 394. The van der Waals surface area contributed by atoms with Crippen LogP contribution in [0.1, 0.15) is 20.3 Å². The Morgan fingerprint density at radius 1 is 1.26 bits per heavy atom. The molecule has 6 heteroatoms. The van der Waals surface area contributed by atoms with Gasteiger partial charge in [-0.1, -0.05) is 0 Å². The van der Waals surface area contributed by atoms with E-state index < -0.39 is 6.61 Å². The van der Waals surface area contributed by atoms with Gasteiger partial charge < -0.3 is 15.4 Å². The molecule has 1 aromatic carbocycles. The molecule has 0 aromatic heterocycles. The van der Waals surface area contributed by atoms with Gasteiger partial charge in [0.1, 0.15) is 5.75 Å². The summed E-state index contributed by atoms with van der Waals surface area (Å²) in [5, 5.41) is 5.80. The Balaban J connectivity index is 2.32. The van der Waals surface area contributed by atoms with Crippen LogP contribution in [0.25, 0.3) is 0 Å². The second-order valence-electron chi connectivity index (χ2n) is 4.30. The minimum atomic E-state index is -2.82. The summed E-state index contributed by atoms with van der Waals surface area (Å²) in [5.74, 6) is 0.0817. The molecule has 0 aliphatic rings. The van der Waals surface area contributed by atoms with Crippen molar-refractivity contribution in [2.75, 3.05) is 11.9 Å². The third kappa shape index (κ3) is 6.59. The van der Waals surface area contributed by atoms with Crippen molar-refractivity contribution >= 4 is 11.6 Å². The van der Waals surface area contributed by atoms with Gasteiger partial charge >= 0.3 is 6.61 Å². The van der Waals surface area contributed by atoms with Crippen molar-refractivity contribution in [3.8, 4) is 5.75 Å². The summed E-state index contributed by atoms with van der Waals surface area (Å²) in [4.78, 5) is 11.4. The Morgan fingerprint density at radius 3 is 2.42 bits per heavy atom. The Morgan fingerprint density at radius 2 is 1.89 bits per heavy atom. The smallest absolute Gasteiger partial charge is 0.387 e.